The first kappa shape index (κ1) is 21.3. The topological polar surface area (TPSA) is 43.0 Å². The van der Waals surface area contributed by atoms with E-state index in [0.717, 1.165) is 44.8 Å². The number of morpholine rings is 1. The van der Waals surface area contributed by atoms with Crippen LogP contribution < -0.4 is 5.32 Å². The fourth-order valence-electron chi connectivity index (χ4n) is 7.80. The Morgan fingerprint density at radius 1 is 0.839 bits per heavy atom. The standard InChI is InChI=1S/C26H44N2O3/c1-2-5-23-22(4-1)20-6-8-21(9-7-20)30-16-24-26(19-29-15-13-27-26)10-3-14-28(24)17-25(11-12-25)18-31-23/h20-24,27H,1-19H2. The van der Waals surface area contributed by atoms with E-state index in [-0.39, 0.29) is 5.54 Å². The van der Waals surface area contributed by atoms with Gasteiger partial charge in [-0.25, -0.2) is 0 Å². The second kappa shape index (κ2) is 8.87. The fraction of sp³-hybridized carbons (Fsp3) is 1.00. The van der Waals surface area contributed by atoms with E-state index in [0.29, 0.717) is 23.7 Å². The number of rotatable bonds is 0. The van der Waals surface area contributed by atoms with Gasteiger partial charge < -0.3 is 19.5 Å². The monoisotopic (exact) mass is 432 g/mol. The Morgan fingerprint density at radius 2 is 1.71 bits per heavy atom. The molecule has 7 rings (SSSR count). The highest BCUT2D eigenvalue weighted by atomic mass is 16.5. The van der Waals surface area contributed by atoms with Crippen molar-refractivity contribution in [1.29, 1.82) is 0 Å². The normalized spacial score (nSPS) is 46.3. The van der Waals surface area contributed by atoms with Crippen LogP contribution in [0.1, 0.15) is 77.0 Å². The molecule has 4 unspecified atom stereocenters. The van der Waals surface area contributed by atoms with Gasteiger partial charge in [0.05, 0.1) is 50.2 Å². The third-order valence-electron chi connectivity index (χ3n) is 9.90. The summed E-state index contributed by atoms with van der Waals surface area (Å²) in [5.74, 6) is 1.68. The lowest BCUT2D eigenvalue weighted by Crippen LogP contribution is -2.70. The van der Waals surface area contributed by atoms with Crippen molar-refractivity contribution in [3.05, 3.63) is 0 Å². The van der Waals surface area contributed by atoms with Crippen molar-refractivity contribution in [1.82, 2.24) is 10.2 Å². The third-order valence-corrected chi connectivity index (χ3v) is 9.90. The molecule has 0 aromatic carbocycles. The Bertz CT molecular complexity index is 604. The first-order valence-electron chi connectivity index (χ1n) is 13.6. The second-order valence-corrected chi connectivity index (χ2v) is 11.9. The molecular formula is C26H44N2O3. The van der Waals surface area contributed by atoms with Crippen molar-refractivity contribution < 1.29 is 14.2 Å². The molecule has 4 heterocycles. The van der Waals surface area contributed by atoms with E-state index in [9.17, 15) is 0 Å². The Balaban J connectivity index is 1.24. The van der Waals surface area contributed by atoms with Gasteiger partial charge >= 0.3 is 0 Å². The van der Waals surface area contributed by atoms with Crippen molar-refractivity contribution in [3.8, 4) is 0 Å². The number of fused-ring (bicyclic) bond motifs is 4. The lowest BCUT2D eigenvalue weighted by molar-refractivity contribution is -0.113. The molecule has 7 aliphatic rings. The number of ether oxygens (including phenoxy) is 3. The van der Waals surface area contributed by atoms with Crippen molar-refractivity contribution in [2.45, 2.75) is 101 Å². The van der Waals surface area contributed by atoms with Gasteiger partial charge in [-0.3, -0.25) is 4.90 Å². The largest absolute Gasteiger partial charge is 0.378 e. The maximum atomic E-state index is 6.84. The third kappa shape index (κ3) is 4.35. The van der Waals surface area contributed by atoms with Crippen LogP contribution in [0.5, 0.6) is 0 Å². The van der Waals surface area contributed by atoms with Gasteiger partial charge in [0.15, 0.2) is 0 Å². The van der Waals surface area contributed by atoms with Crippen LogP contribution in [0.25, 0.3) is 0 Å². The molecule has 4 aliphatic heterocycles. The summed E-state index contributed by atoms with van der Waals surface area (Å²) in [5.41, 5.74) is 0.480. The Labute approximate surface area is 188 Å². The highest BCUT2D eigenvalue weighted by molar-refractivity contribution is 5.07. The van der Waals surface area contributed by atoms with E-state index in [1.807, 2.05) is 0 Å². The summed E-state index contributed by atoms with van der Waals surface area (Å²) in [5, 5.41) is 3.92. The average Bonchev–Trinajstić information content (AvgIpc) is 3.58. The van der Waals surface area contributed by atoms with Gasteiger partial charge in [0.1, 0.15) is 0 Å². The molecule has 0 aromatic heterocycles. The van der Waals surface area contributed by atoms with Gasteiger partial charge in [0.2, 0.25) is 0 Å². The Kier molecular flexibility index (Phi) is 6.10. The molecule has 4 atom stereocenters. The highest BCUT2D eigenvalue weighted by Crippen LogP contribution is 2.49. The molecule has 3 saturated carbocycles. The molecule has 4 saturated heterocycles. The Morgan fingerprint density at radius 3 is 2.52 bits per heavy atom. The maximum Gasteiger partial charge on any atom is 0.0665 e. The van der Waals surface area contributed by atoms with Crippen LogP contribution in [0.3, 0.4) is 0 Å². The second-order valence-electron chi connectivity index (χ2n) is 11.9. The molecule has 0 aromatic rings. The molecule has 0 amide bonds. The number of hydrogen-bond acceptors (Lipinski definition) is 5. The van der Waals surface area contributed by atoms with E-state index in [1.54, 1.807) is 0 Å². The lowest BCUT2D eigenvalue weighted by Gasteiger charge is -2.53. The summed E-state index contributed by atoms with van der Waals surface area (Å²) in [6.45, 7) is 6.93. The van der Waals surface area contributed by atoms with E-state index in [1.165, 1.54) is 90.1 Å². The molecular weight excluding hydrogens is 388 g/mol. The van der Waals surface area contributed by atoms with Crippen molar-refractivity contribution >= 4 is 0 Å². The molecule has 5 nitrogen and oxygen atoms in total. The Hall–Kier alpha value is -0.200. The van der Waals surface area contributed by atoms with E-state index in [4.69, 9.17) is 14.2 Å². The quantitative estimate of drug-likeness (QED) is 0.631. The van der Waals surface area contributed by atoms with Gasteiger partial charge in [-0.05, 0) is 82.6 Å². The molecule has 176 valence electrons. The van der Waals surface area contributed by atoms with Crippen molar-refractivity contribution in [2.75, 3.05) is 46.1 Å². The lowest BCUT2D eigenvalue weighted by atomic mass is 9.71. The molecule has 0 radical (unpaired) electrons. The van der Waals surface area contributed by atoms with E-state index >= 15 is 0 Å². The predicted molar refractivity (Wildman–Crippen MR) is 121 cm³/mol. The molecule has 2 bridgehead atoms. The summed E-state index contributed by atoms with van der Waals surface area (Å²) < 4.78 is 19.6. The minimum absolute atomic E-state index is 0.0795. The minimum Gasteiger partial charge on any atom is -0.378 e. The van der Waals surface area contributed by atoms with Crippen molar-refractivity contribution in [3.63, 3.8) is 0 Å². The highest BCUT2D eigenvalue weighted by Gasteiger charge is 2.52. The summed E-state index contributed by atoms with van der Waals surface area (Å²) in [6, 6.07) is 0.433. The first-order chi connectivity index (χ1) is 15.3. The van der Waals surface area contributed by atoms with E-state index < -0.39 is 0 Å². The summed E-state index contributed by atoms with van der Waals surface area (Å²) in [4.78, 5) is 2.79. The van der Waals surface area contributed by atoms with Gasteiger partial charge in [-0.15, -0.1) is 0 Å². The zero-order valence-electron chi connectivity index (χ0n) is 19.5. The van der Waals surface area contributed by atoms with Gasteiger partial charge in [0.25, 0.3) is 0 Å². The summed E-state index contributed by atoms with van der Waals surface area (Å²) in [6.07, 6.45) is 16.8. The van der Waals surface area contributed by atoms with Crippen LogP contribution >= 0.6 is 0 Å². The molecule has 31 heavy (non-hydrogen) atoms. The van der Waals surface area contributed by atoms with Crippen LogP contribution in [0.15, 0.2) is 0 Å². The summed E-state index contributed by atoms with van der Waals surface area (Å²) in [7, 11) is 0. The average molecular weight is 433 g/mol. The van der Waals surface area contributed by atoms with Crippen LogP contribution in [0.2, 0.25) is 0 Å². The number of nitrogens with zero attached hydrogens (tertiary/aromatic N) is 1. The minimum atomic E-state index is 0.0795. The number of nitrogens with one attached hydrogen (secondary N) is 1. The fourth-order valence-corrected chi connectivity index (χ4v) is 7.80. The van der Waals surface area contributed by atoms with Gasteiger partial charge in [-0.1, -0.05) is 12.8 Å². The first-order valence-corrected chi connectivity index (χ1v) is 13.6. The molecule has 2 spiro atoms. The number of hydrogen-bond donors (Lipinski definition) is 1. The summed E-state index contributed by atoms with van der Waals surface area (Å²) >= 11 is 0. The van der Waals surface area contributed by atoms with Gasteiger partial charge in [0, 0.05) is 18.5 Å². The molecule has 3 aliphatic carbocycles. The number of piperidine rings is 1. The SMILES string of the molecule is C1CCC2C3CCC(CC3)OCC3N(CCCC34COCCN4)CC3(CC3)COC2C1. The van der Waals surface area contributed by atoms with Crippen LogP contribution in [0, 0.1) is 17.3 Å². The zero-order chi connectivity index (χ0) is 20.7. The molecule has 5 heteroatoms. The zero-order valence-corrected chi connectivity index (χ0v) is 19.5. The predicted octanol–water partition coefficient (Wildman–Crippen LogP) is 3.75. The maximum absolute atomic E-state index is 6.84. The van der Waals surface area contributed by atoms with Crippen LogP contribution in [0.4, 0.5) is 0 Å². The van der Waals surface area contributed by atoms with Crippen LogP contribution in [-0.4, -0.2) is 74.8 Å². The molecule has 7 fully saturated rings. The van der Waals surface area contributed by atoms with Crippen LogP contribution in [-0.2, 0) is 14.2 Å². The van der Waals surface area contributed by atoms with E-state index in [2.05, 4.69) is 10.2 Å². The molecule has 1 N–H and O–H groups in total. The van der Waals surface area contributed by atoms with Crippen molar-refractivity contribution in [2.24, 2.45) is 17.3 Å². The smallest absolute Gasteiger partial charge is 0.0665 e. The van der Waals surface area contributed by atoms with Gasteiger partial charge in [-0.2, -0.15) is 0 Å².